The Morgan fingerprint density at radius 1 is 1.56 bits per heavy atom. The zero-order valence-corrected chi connectivity index (χ0v) is 10.0. The predicted octanol–water partition coefficient (Wildman–Crippen LogP) is 3.13. The van der Waals surface area contributed by atoms with Gasteiger partial charge in [0.2, 0.25) is 0 Å². The Labute approximate surface area is 97.8 Å². The Kier molecular flexibility index (Phi) is 5.68. The van der Waals surface area contributed by atoms with Gasteiger partial charge >= 0.3 is 6.09 Å². The van der Waals surface area contributed by atoms with Gasteiger partial charge < -0.3 is 9.64 Å². The fraction of sp³-hybridized carbons (Fsp3) is 0.615. The largest absolute Gasteiger partial charge is 0.450 e. The van der Waals surface area contributed by atoms with E-state index in [1.54, 1.807) is 6.08 Å². The molecule has 0 aromatic heterocycles. The molecule has 0 N–H and O–H groups in total. The lowest BCUT2D eigenvalue weighted by molar-refractivity contribution is 0.0775. The van der Waals surface area contributed by atoms with Crippen molar-refractivity contribution in [2.75, 3.05) is 13.2 Å². The molecule has 1 saturated heterocycles. The minimum atomic E-state index is -0.167. The maximum absolute atomic E-state index is 11.7. The number of ether oxygens (including phenoxy) is 1. The second kappa shape index (κ2) is 7.09. The second-order valence-corrected chi connectivity index (χ2v) is 3.94. The van der Waals surface area contributed by atoms with Crippen molar-refractivity contribution < 1.29 is 9.53 Å². The molecule has 0 saturated carbocycles. The lowest BCUT2D eigenvalue weighted by atomic mass is 10.00. The fourth-order valence-corrected chi connectivity index (χ4v) is 2.02. The van der Waals surface area contributed by atoms with E-state index in [1.807, 2.05) is 17.9 Å². The van der Waals surface area contributed by atoms with Gasteiger partial charge in [0, 0.05) is 12.6 Å². The Balaban J connectivity index is 2.52. The van der Waals surface area contributed by atoms with Crippen LogP contribution in [0.25, 0.3) is 0 Å². The molecule has 16 heavy (non-hydrogen) atoms. The van der Waals surface area contributed by atoms with Crippen molar-refractivity contribution in [2.24, 2.45) is 0 Å². The summed E-state index contributed by atoms with van der Waals surface area (Å²) in [4.78, 5) is 13.6. The van der Waals surface area contributed by atoms with E-state index in [0.29, 0.717) is 12.6 Å². The van der Waals surface area contributed by atoms with Crippen molar-refractivity contribution in [3.05, 3.63) is 24.8 Å². The van der Waals surface area contributed by atoms with Crippen LogP contribution in [0.4, 0.5) is 4.79 Å². The third-order valence-electron chi connectivity index (χ3n) is 2.81. The fourth-order valence-electron chi connectivity index (χ4n) is 2.02. The number of hydrogen-bond acceptors (Lipinski definition) is 2. The maximum Gasteiger partial charge on any atom is 0.410 e. The number of rotatable bonds is 4. The van der Waals surface area contributed by atoms with Gasteiger partial charge in [0.1, 0.15) is 0 Å². The lowest BCUT2D eigenvalue weighted by Crippen LogP contribution is -2.43. The van der Waals surface area contributed by atoms with Crippen molar-refractivity contribution in [1.82, 2.24) is 4.90 Å². The van der Waals surface area contributed by atoms with Crippen LogP contribution in [0.2, 0.25) is 0 Å². The standard InChI is InChI=1S/C13H21NO2/c1-3-5-6-9-12-10-7-8-11-14(12)13(15)16-4-2/h3,5-6,12H,1,4,7-11H2,2H3/b6-5+. The first-order chi connectivity index (χ1) is 7.79. The monoisotopic (exact) mass is 223 g/mol. The van der Waals surface area contributed by atoms with Gasteiger partial charge in [0.05, 0.1) is 6.61 Å². The van der Waals surface area contributed by atoms with Crippen LogP contribution in [0.15, 0.2) is 24.8 Å². The van der Waals surface area contributed by atoms with Crippen molar-refractivity contribution in [1.29, 1.82) is 0 Å². The van der Waals surface area contributed by atoms with Crippen LogP contribution in [0.1, 0.15) is 32.6 Å². The van der Waals surface area contributed by atoms with Crippen LogP contribution in [0, 0.1) is 0 Å². The number of hydrogen-bond donors (Lipinski definition) is 0. The van der Waals surface area contributed by atoms with Crippen LogP contribution >= 0.6 is 0 Å². The van der Waals surface area contributed by atoms with Gasteiger partial charge in [-0.25, -0.2) is 4.79 Å². The molecule has 1 amide bonds. The van der Waals surface area contributed by atoms with Crippen molar-refractivity contribution in [2.45, 2.75) is 38.6 Å². The molecular weight excluding hydrogens is 202 g/mol. The molecule has 0 spiro atoms. The van der Waals surface area contributed by atoms with E-state index >= 15 is 0 Å². The van der Waals surface area contributed by atoms with E-state index < -0.39 is 0 Å². The van der Waals surface area contributed by atoms with E-state index in [4.69, 9.17) is 4.74 Å². The maximum atomic E-state index is 11.7. The second-order valence-electron chi connectivity index (χ2n) is 3.94. The Morgan fingerprint density at radius 2 is 2.38 bits per heavy atom. The van der Waals surface area contributed by atoms with Crippen LogP contribution in [0.5, 0.6) is 0 Å². The van der Waals surface area contributed by atoms with E-state index in [-0.39, 0.29) is 6.09 Å². The Morgan fingerprint density at radius 3 is 3.06 bits per heavy atom. The molecule has 1 aliphatic rings. The highest BCUT2D eigenvalue weighted by atomic mass is 16.6. The van der Waals surface area contributed by atoms with Crippen molar-refractivity contribution in [3.63, 3.8) is 0 Å². The minimum absolute atomic E-state index is 0.167. The summed E-state index contributed by atoms with van der Waals surface area (Å²) in [6, 6.07) is 0.295. The van der Waals surface area contributed by atoms with Crippen molar-refractivity contribution >= 4 is 6.09 Å². The van der Waals surface area contributed by atoms with Gasteiger partial charge in [0.25, 0.3) is 0 Å². The zero-order chi connectivity index (χ0) is 11.8. The number of carbonyl (C=O) groups is 1. The molecule has 1 unspecified atom stereocenters. The number of likely N-dealkylation sites (tertiary alicyclic amines) is 1. The van der Waals surface area contributed by atoms with E-state index in [9.17, 15) is 4.79 Å². The van der Waals surface area contributed by atoms with Crippen LogP contribution in [-0.4, -0.2) is 30.2 Å². The van der Waals surface area contributed by atoms with Gasteiger partial charge in [-0.3, -0.25) is 0 Å². The van der Waals surface area contributed by atoms with Gasteiger partial charge in [0.15, 0.2) is 0 Å². The topological polar surface area (TPSA) is 29.5 Å². The highest BCUT2D eigenvalue weighted by Crippen LogP contribution is 2.20. The summed E-state index contributed by atoms with van der Waals surface area (Å²) in [5.41, 5.74) is 0. The smallest absolute Gasteiger partial charge is 0.410 e. The summed E-state index contributed by atoms with van der Waals surface area (Å²) in [5.74, 6) is 0. The summed E-state index contributed by atoms with van der Waals surface area (Å²) in [5, 5.41) is 0. The average Bonchev–Trinajstić information content (AvgIpc) is 2.30. The molecule has 1 aliphatic heterocycles. The SMILES string of the molecule is C=C/C=C/CC1CCCCN1C(=O)OCC. The number of amides is 1. The molecule has 0 aromatic rings. The minimum Gasteiger partial charge on any atom is -0.450 e. The Hall–Kier alpha value is -1.25. The van der Waals surface area contributed by atoms with E-state index in [0.717, 1.165) is 25.8 Å². The number of piperidine rings is 1. The van der Waals surface area contributed by atoms with Gasteiger partial charge in [-0.15, -0.1) is 0 Å². The first kappa shape index (κ1) is 12.8. The molecule has 90 valence electrons. The normalized spacial score (nSPS) is 21.1. The van der Waals surface area contributed by atoms with Crippen LogP contribution in [-0.2, 0) is 4.74 Å². The first-order valence-corrected chi connectivity index (χ1v) is 6.00. The van der Waals surface area contributed by atoms with Crippen LogP contribution in [0.3, 0.4) is 0 Å². The molecule has 3 heteroatoms. The molecular formula is C13H21NO2. The zero-order valence-electron chi connectivity index (χ0n) is 10.0. The number of nitrogens with zero attached hydrogens (tertiary/aromatic N) is 1. The summed E-state index contributed by atoms with van der Waals surface area (Å²) in [6.07, 6.45) is 9.83. The number of carbonyl (C=O) groups excluding carboxylic acids is 1. The molecule has 1 fully saturated rings. The summed E-state index contributed by atoms with van der Waals surface area (Å²) >= 11 is 0. The molecule has 1 atom stereocenters. The van der Waals surface area contributed by atoms with Crippen LogP contribution < -0.4 is 0 Å². The average molecular weight is 223 g/mol. The highest BCUT2D eigenvalue weighted by molar-refractivity contribution is 5.68. The summed E-state index contributed by atoms with van der Waals surface area (Å²) in [6.45, 7) is 6.75. The first-order valence-electron chi connectivity index (χ1n) is 6.00. The molecule has 0 aliphatic carbocycles. The molecule has 0 bridgehead atoms. The molecule has 1 rings (SSSR count). The summed E-state index contributed by atoms with van der Waals surface area (Å²) < 4.78 is 5.06. The van der Waals surface area contributed by atoms with Gasteiger partial charge in [-0.05, 0) is 32.6 Å². The predicted molar refractivity (Wildman–Crippen MR) is 65.3 cm³/mol. The summed E-state index contributed by atoms with van der Waals surface area (Å²) in [7, 11) is 0. The van der Waals surface area contributed by atoms with E-state index in [1.165, 1.54) is 6.42 Å². The van der Waals surface area contributed by atoms with Gasteiger partial charge in [-0.1, -0.05) is 24.8 Å². The molecule has 1 heterocycles. The quantitative estimate of drug-likeness (QED) is 0.685. The third-order valence-corrected chi connectivity index (χ3v) is 2.81. The van der Waals surface area contributed by atoms with Crippen molar-refractivity contribution in [3.8, 4) is 0 Å². The highest BCUT2D eigenvalue weighted by Gasteiger charge is 2.26. The number of allylic oxidation sites excluding steroid dienone is 2. The van der Waals surface area contributed by atoms with Gasteiger partial charge in [-0.2, -0.15) is 0 Å². The lowest BCUT2D eigenvalue weighted by Gasteiger charge is -2.34. The third kappa shape index (κ3) is 3.72. The molecule has 3 nitrogen and oxygen atoms in total. The molecule has 0 radical (unpaired) electrons. The van der Waals surface area contributed by atoms with E-state index in [2.05, 4.69) is 12.7 Å². The molecule has 0 aromatic carbocycles. The Bertz CT molecular complexity index is 261.